The molecule has 0 aromatic carbocycles. The molecule has 1 atom stereocenters. The zero-order valence-corrected chi connectivity index (χ0v) is 12.0. The topological polar surface area (TPSA) is 111 Å². The minimum Gasteiger partial charge on any atom is -0.480 e. The summed E-state index contributed by atoms with van der Waals surface area (Å²) in [5.74, 6) is -1.25. The van der Waals surface area contributed by atoms with E-state index >= 15 is 0 Å². The molecule has 0 fully saturated rings. The summed E-state index contributed by atoms with van der Waals surface area (Å²) in [5.41, 5.74) is -0.244. The smallest absolute Gasteiger partial charge is 0.318 e. The summed E-state index contributed by atoms with van der Waals surface area (Å²) >= 11 is 0. The maximum Gasteiger partial charge on any atom is 0.318 e. The number of nitriles is 1. The van der Waals surface area contributed by atoms with Crippen LogP contribution in [0.4, 0.5) is 0 Å². The highest BCUT2D eigenvalue weighted by Gasteiger charge is 2.32. The van der Waals surface area contributed by atoms with E-state index in [1.54, 1.807) is 19.9 Å². The lowest BCUT2D eigenvalue weighted by Crippen LogP contribution is -2.42. The summed E-state index contributed by atoms with van der Waals surface area (Å²) in [5, 5.41) is 17.8. The summed E-state index contributed by atoms with van der Waals surface area (Å²) < 4.78 is 25.9. The molecular weight excluding hydrogens is 282 g/mol. The van der Waals surface area contributed by atoms with Gasteiger partial charge in [0.25, 0.3) is 0 Å². The van der Waals surface area contributed by atoms with Crippen LogP contribution in [0.5, 0.6) is 0 Å². The predicted molar refractivity (Wildman–Crippen MR) is 70.2 cm³/mol. The number of nitrogens with zero attached hydrogens (tertiary/aromatic N) is 3. The van der Waals surface area contributed by atoms with Crippen molar-refractivity contribution in [3.8, 4) is 6.07 Å². The Morgan fingerprint density at radius 3 is 2.75 bits per heavy atom. The first kappa shape index (κ1) is 16.1. The Morgan fingerprint density at radius 2 is 2.25 bits per heavy atom. The Balaban J connectivity index is 3.37. The third kappa shape index (κ3) is 3.31. The lowest BCUT2D eigenvalue weighted by Gasteiger charge is -2.26. The van der Waals surface area contributed by atoms with Gasteiger partial charge in [-0.05, 0) is 25.5 Å². The number of carbonyl (C=O) groups is 1. The van der Waals surface area contributed by atoms with Gasteiger partial charge in [0.15, 0.2) is 5.69 Å². The molecular formula is C12H15N3O4S. The van der Waals surface area contributed by atoms with Crippen molar-refractivity contribution < 1.29 is 18.3 Å². The number of hydrogen-bond acceptors (Lipinski definition) is 5. The Morgan fingerprint density at radius 1 is 1.60 bits per heavy atom. The fraction of sp³-hybridized carbons (Fsp3) is 0.417. The van der Waals surface area contributed by atoms with E-state index < -0.39 is 28.6 Å². The van der Waals surface area contributed by atoms with Gasteiger partial charge in [-0.25, -0.2) is 13.4 Å². The first-order valence-corrected chi connectivity index (χ1v) is 7.37. The number of sulfonamides is 1. The van der Waals surface area contributed by atoms with Crippen molar-refractivity contribution in [1.82, 2.24) is 9.29 Å². The van der Waals surface area contributed by atoms with Gasteiger partial charge in [-0.2, -0.15) is 9.57 Å². The van der Waals surface area contributed by atoms with Crippen molar-refractivity contribution in [2.75, 3.05) is 6.54 Å². The van der Waals surface area contributed by atoms with Crippen LogP contribution in [-0.4, -0.2) is 41.4 Å². The van der Waals surface area contributed by atoms with E-state index in [0.29, 0.717) is 6.42 Å². The molecule has 1 heterocycles. The highest BCUT2D eigenvalue weighted by atomic mass is 32.2. The molecule has 0 bridgehead atoms. The van der Waals surface area contributed by atoms with E-state index in [-0.39, 0.29) is 10.6 Å². The largest absolute Gasteiger partial charge is 0.480 e. The van der Waals surface area contributed by atoms with Gasteiger partial charge in [-0.15, -0.1) is 0 Å². The second kappa shape index (κ2) is 6.45. The fourth-order valence-corrected chi connectivity index (χ4v) is 3.37. The molecule has 0 aliphatic rings. The monoisotopic (exact) mass is 297 g/mol. The molecule has 1 rings (SSSR count). The van der Waals surface area contributed by atoms with Crippen LogP contribution in [0.3, 0.4) is 0 Å². The van der Waals surface area contributed by atoms with Gasteiger partial charge in [-0.3, -0.25) is 4.79 Å². The van der Waals surface area contributed by atoms with E-state index in [9.17, 15) is 13.2 Å². The van der Waals surface area contributed by atoms with Crippen LogP contribution in [0.1, 0.15) is 26.0 Å². The van der Waals surface area contributed by atoms with Gasteiger partial charge >= 0.3 is 5.97 Å². The molecule has 108 valence electrons. The molecule has 1 aromatic rings. The second-order valence-electron chi connectivity index (χ2n) is 4.16. The van der Waals surface area contributed by atoms with E-state index in [2.05, 4.69) is 4.98 Å². The summed E-state index contributed by atoms with van der Waals surface area (Å²) in [4.78, 5) is 14.3. The summed E-state index contributed by atoms with van der Waals surface area (Å²) in [6.07, 6.45) is 1.76. The molecule has 7 nitrogen and oxygen atoms in total. The standard InChI is InChI=1S/C12H15N3O4S/c1-3-9(2)15(8-12(16)17)20(18,19)11-5-4-6-14-10(11)7-13/h4-6,9H,3,8H2,1-2H3,(H,16,17). The predicted octanol–water partition coefficient (Wildman–Crippen LogP) is 0.827. The summed E-state index contributed by atoms with van der Waals surface area (Å²) in [6.45, 7) is 2.71. The van der Waals surface area contributed by atoms with Crippen LogP contribution in [0.25, 0.3) is 0 Å². The normalized spacial score (nSPS) is 12.9. The molecule has 1 unspecified atom stereocenters. The van der Waals surface area contributed by atoms with E-state index in [1.165, 1.54) is 18.3 Å². The van der Waals surface area contributed by atoms with Gasteiger partial charge < -0.3 is 5.11 Å². The van der Waals surface area contributed by atoms with Gasteiger partial charge in [0.2, 0.25) is 10.0 Å². The number of carboxylic acids is 1. The Hall–Kier alpha value is -1.98. The molecule has 20 heavy (non-hydrogen) atoms. The third-order valence-corrected chi connectivity index (χ3v) is 4.83. The van der Waals surface area contributed by atoms with Crippen molar-refractivity contribution in [2.45, 2.75) is 31.2 Å². The number of pyridine rings is 1. The van der Waals surface area contributed by atoms with Gasteiger partial charge in [0.1, 0.15) is 17.5 Å². The van der Waals surface area contributed by atoms with Crippen LogP contribution in [0, 0.1) is 11.3 Å². The highest BCUT2D eigenvalue weighted by Crippen LogP contribution is 2.21. The Labute approximate surface area is 117 Å². The number of aliphatic carboxylic acids is 1. The molecule has 1 aromatic heterocycles. The lowest BCUT2D eigenvalue weighted by atomic mass is 10.2. The average Bonchev–Trinajstić information content (AvgIpc) is 2.43. The zero-order valence-electron chi connectivity index (χ0n) is 11.1. The maximum absolute atomic E-state index is 12.5. The van der Waals surface area contributed by atoms with Crippen LogP contribution < -0.4 is 0 Å². The number of aromatic nitrogens is 1. The number of hydrogen-bond donors (Lipinski definition) is 1. The number of carboxylic acid groups (broad SMARTS) is 1. The SMILES string of the molecule is CCC(C)N(CC(=O)O)S(=O)(=O)c1cccnc1C#N. The molecule has 0 saturated carbocycles. The molecule has 0 amide bonds. The van der Waals surface area contributed by atoms with Crippen molar-refractivity contribution in [3.63, 3.8) is 0 Å². The Bertz CT molecular complexity index is 636. The summed E-state index contributed by atoms with van der Waals surface area (Å²) in [7, 11) is -4.08. The van der Waals surface area contributed by atoms with Gasteiger partial charge in [0, 0.05) is 12.2 Å². The highest BCUT2D eigenvalue weighted by molar-refractivity contribution is 7.89. The lowest BCUT2D eigenvalue weighted by molar-refractivity contribution is -0.137. The maximum atomic E-state index is 12.5. The molecule has 1 N–H and O–H groups in total. The van der Waals surface area contributed by atoms with E-state index in [4.69, 9.17) is 10.4 Å². The van der Waals surface area contributed by atoms with Crippen LogP contribution in [0.15, 0.2) is 23.2 Å². The van der Waals surface area contributed by atoms with E-state index in [1.807, 2.05) is 0 Å². The first-order chi connectivity index (χ1) is 9.34. The molecule has 0 aliphatic carbocycles. The molecule has 0 spiro atoms. The van der Waals surface area contributed by atoms with Crippen LogP contribution in [-0.2, 0) is 14.8 Å². The quantitative estimate of drug-likeness (QED) is 0.832. The van der Waals surface area contributed by atoms with Crippen molar-refractivity contribution in [3.05, 3.63) is 24.0 Å². The number of rotatable bonds is 6. The minimum absolute atomic E-state index is 0.244. The third-order valence-electron chi connectivity index (χ3n) is 2.84. The molecule has 0 aliphatic heterocycles. The van der Waals surface area contributed by atoms with Crippen molar-refractivity contribution in [1.29, 1.82) is 5.26 Å². The van der Waals surface area contributed by atoms with E-state index in [0.717, 1.165) is 4.31 Å². The van der Waals surface area contributed by atoms with Crippen LogP contribution in [0.2, 0.25) is 0 Å². The Kier molecular flexibility index (Phi) is 5.19. The second-order valence-corrected chi connectivity index (χ2v) is 6.02. The minimum atomic E-state index is -4.08. The molecule has 0 radical (unpaired) electrons. The van der Waals surface area contributed by atoms with Crippen molar-refractivity contribution >= 4 is 16.0 Å². The van der Waals surface area contributed by atoms with Gasteiger partial charge in [-0.1, -0.05) is 6.92 Å². The summed E-state index contributed by atoms with van der Waals surface area (Å²) in [6, 6.07) is 3.85. The van der Waals surface area contributed by atoms with Crippen molar-refractivity contribution in [2.24, 2.45) is 0 Å². The average molecular weight is 297 g/mol. The first-order valence-electron chi connectivity index (χ1n) is 5.93. The molecule has 0 saturated heterocycles. The zero-order chi connectivity index (χ0) is 15.3. The molecule has 8 heteroatoms. The van der Waals surface area contributed by atoms with Gasteiger partial charge in [0.05, 0.1) is 0 Å². The fourth-order valence-electron chi connectivity index (χ4n) is 1.62. The van der Waals surface area contributed by atoms with Crippen LogP contribution >= 0.6 is 0 Å².